The number of rotatable bonds is 10. The second-order valence-electron chi connectivity index (χ2n) is 5.39. The molecule has 2 rings (SSSR count). The number of ether oxygens (including phenoxy) is 3. The van der Waals surface area contributed by atoms with E-state index in [1.54, 1.807) is 55.6 Å². The Labute approximate surface area is 162 Å². The number of amides is 2. The lowest BCUT2D eigenvalue weighted by atomic mass is 10.3. The van der Waals surface area contributed by atoms with Crippen LogP contribution in [0.25, 0.3) is 0 Å². The highest BCUT2D eigenvalue weighted by molar-refractivity contribution is 6.30. The van der Waals surface area contributed by atoms with Gasteiger partial charge >= 0.3 is 0 Å². The third kappa shape index (κ3) is 7.87. The zero-order valence-electron chi connectivity index (χ0n) is 14.9. The molecule has 2 aromatic carbocycles. The fourth-order valence-corrected chi connectivity index (χ4v) is 2.13. The van der Waals surface area contributed by atoms with Crippen molar-refractivity contribution in [2.45, 2.75) is 0 Å². The van der Waals surface area contributed by atoms with Gasteiger partial charge in [-0.25, -0.2) is 0 Å². The van der Waals surface area contributed by atoms with E-state index >= 15 is 0 Å². The summed E-state index contributed by atoms with van der Waals surface area (Å²) in [5.74, 6) is 1.24. The lowest BCUT2D eigenvalue weighted by Crippen LogP contribution is -2.40. The predicted molar refractivity (Wildman–Crippen MR) is 101 cm³/mol. The molecule has 144 valence electrons. The molecule has 2 aromatic rings. The molecule has 0 aliphatic heterocycles. The molecule has 0 saturated heterocycles. The number of benzene rings is 2. The fourth-order valence-electron chi connectivity index (χ4n) is 2.00. The van der Waals surface area contributed by atoms with Gasteiger partial charge in [0.15, 0.2) is 6.61 Å². The summed E-state index contributed by atoms with van der Waals surface area (Å²) in [4.78, 5) is 23.4. The van der Waals surface area contributed by atoms with Crippen LogP contribution in [0.2, 0.25) is 5.02 Å². The topological polar surface area (TPSA) is 85.9 Å². The van der Waals surface area contributed by atoms with Crippen molar-refractivity contribution in [3.63, 3.8) is 0 Å². The maximum absolute atomic E-state index is 11.7. The molecule has 0 aliphatic rings. The van der Waals surface area contributed by atoms with E-state index in [-0.39, 0.29) is 19.1 Å². The van der Waals surface area contributed by atoms with Gasteiger partial charge in [-0.2, -0.15) is 0 Å². The average Bonchev–Trinajstić information content (AvgIpc) is 2.69. The van der Waals surface area contributed by atoms with E-state index < -0.39 is 5.91 Å². The highest BCUT2D eigenvalue weighted by Crippen LogP contribution is 2.16. The van der Waals surface area contributed by atoms with Crippen LogP contribution < -0.4 is 24.8 Å². The highest BCUT2D eigenvalue weighted by Gasteiger charge is 2.06. The van der Waals surface area contributed by atoms with Gasteiger partial charge in [-0.3, -0.25) is 9.59 Å². The summed E-state index contributed by atoms with van der Waals surface area (Å²) in [5.41, 5.74) is 0. The van der Waals surface area contributed by atoms with Crippen molar-refractivity contribution in [2.24, 2.45) is 0 Å². The summed E-state index contributed by atoms with van der Waals surface area (Å²) in [5, 5.41) is 5.71. The van der Waals surface area contributed by atoms with Gasteiger partial charge in [-0.1, -0.05) is 11.6 Å². The van der Waals surface area contributed by atoms with Crippen molar-refractivity contribution in [1.29, 1.82) is 0 Å². The van der Waals surface area contributed by atoms with Gasteiger partial charge in [0.1, 0.15) is 23.9 Å². The van der Waals surface area contributed by atoms with Crippen LogP contribution >= 0.6 is 11.6 Å². The third-order valence-electron chi connectivity index (χ3n) is 3.38. The summed E-state index contributed by atoms with van der Waals surface area (Å²) < 4.78 is 15.8. The second kappa shape index (κ2) is 10.9. The number of carbonyl (C=O) groups excluding carboxylic acids is 2. The Hall–Kier alpha value is -2.93. The first-order chi connectivity index (χ1) is 13.1. The number of halogens is 1. The maximum Gasteiger partial charge on any atom is 0.258 e. The predicted octanol–water partition coefficient (Wildman–Crippen LogP) is 2.04. The SMILES string of the molecule is COc1ccc(OCCNC(=O)CNC(=O)COc2ccc(Cl)cc2)cc1. The monoisotopic (exact) mass is 392 g/mol. The molecular weight excluding hydrogens is 372 g/mol. The van der Waals surface area contributed by atoms with Crippen molar-refractivity contribution in [1.82, 2.24) is 10.6 Å². The first-order valence-electron chi connectivity index (χ1n) is 8.25. The van der Waals surface area contributed by atoms with Crippen molar-refractivity contribution in [3.8, 4) is 17.2 Å². The summed E-state index contributed by atoms with van der Waals surface area (Å²) in [7, 11) is 1.59. The van der Waals surface area contributed by atoms with Gasteiger partial charge in [0, 0.05) is 5.02 Å². The Morgan fingerprint density at radius 1 is 0.852 bits per heavy atom. The van der Waals surface area contributed by atoms with Crippen LogP contribution in [0.4, 0.5) is 0 Å². The van der Waals surface area contributed by atoms with Gasteiger partial charge in [0.05, 0.1) is 20.2 Å². The van der Waals surface area contributed by atoms with Gasteiger partial charge in [0.25, 0.3) is 5.91 Å². The van der Waals surface area contributed by atoms with Crippen molar-refractivity contribution in [3.05, 3.63) is 53.6 Å². The molecule has 0 aliphatic carbocycles. The number of hydrogen-bond donors (Lipinski definition) is 2. The first-order valence-corrected chi connectivity index (χ1v) is 8.63. The van der Waals surface area contributed by atoms with E-state index in [0.717, 1.165) is 5.75 Å². The molecule has 0 heterocycles. The van der Waals surface area contributed by atoms with Crippen molar-refractivity contribution >= 4 is 23.4 Å². The lowest BCUT2D eigenvalue weighted by Gasteiger charge is -2.09. The zero-order chi connectivity index (χ0) is 19.5. The molecule has 0 saturated carbocycles. The number of carbonyl (C=O) groups is 2. The number of hydrogen-bond acceptors (Lipinski definition) is 5. The number of methoxy groups -OCH3 is 1. The molecule has 0 radical (unpaired) electrons. The molecule has 27 heavy (non-hydrogen) atoms. The Bertz CT molecular complexity index is 735. The minimum Gasteiger partial charge on any atom is -0.497 e. The molecular formula is C19H21ClN2O5. The van der Waals surface area contributed by atoms with Crippen LogP contribution in [-0.2, 0) is 9.59 Å². The van der Waals surface area contributed by atoms with E-state index in [1.165, 1.54) is 0 Å². The molecule has 0 spiro atoms. The van der Waals surface area contributed by atoms with Crippen LogP contribution in [0.3, 0.4) is 0 Å². The van der Waals surface area contributed by atoms with Gasteiger partial charge in [-0.05, 0) is 48.5 Å². The summed E-state index contributed by atoms with van der Waals surface area (Å²) in [6, 6.07) is 13.8. The quantitative estimate of drug-likeness (QED) is 0.604. The summed E-state index contributed by atoms with van der Waals surface area (Å²) in [6.07, 6.45) is 0. The van der Waals surface area contributed by atoms with Crippen LogP contribution in [0, 0.1) is 0 Å². The Kier molecular flexibility index (Phi) is 8.25. The van der Waals surface area contributed by atoms with E-state index in [9.17, 15) is 9.59 Å². The first kappa shape index (κ1) is 20.4. The molecule has 8 heteroatoms. The molecule has 0 unspecified atom stereocenters. The summed E-state index contributed by atoms with van der Waals surface area (Å²) >= 11 is 5.76. The van der Waals surface area contributed by atoms with Crippen LogP contribution in [0.15, 0.2) is 48.5 Å². The largest absolute Gasteiger partial charge is 0.497 e. The van der Waals surface area contributed by atoms with Crippen molar-refractivity contribution in [2.75, 3.05) is 33.4 Å². The smallest absolute Gasteiger partial charge is 0.258 e. The standard InChI is InChI=1S/C19H21ClN2O5/c1-25-15-6-8-16(9-7-15)26-11-10-21-18(23)12-22-19(24)13-27-17-4-2-14(20)3-5-17/h2-9H,10-13H2,1H3,(H,21,23)(H,22,24). The molecule has 2 amide bonds. The van der Waals surface area contributed by atoms with E-state index in [0.29, 0.717) is 29.7 Å². The minimum absolute atomic E-state index is 0.134. The lowest BCUT2D eigenvalue weighted by molar-refractivity contribution is -0.127. The maximum atomic E-state index is 11.7. The Morgan fingerprint density at radius 3 is 2.11 bits per heavy atom. The van der Waals surface area contributed by atoms with Crippen LogP contribution in [0.5, 0.6) is 17.2 Å². The normalized spacial score (nSPS) is 10.0. The van der Waals surface area contributed by atoms with Gasteiger partial charge in [0.2, 0.25) is 5.91 Å². The van der Waals surface area contributed by atoms with Gasteiger partial charge in [-0.15, -0.1) is 0 Å². The molecule has 0 bridgehead atoms. The molecule has 7 nitrogen and oxygen atoms in total. The molecule has 2 N–H and O–H groups in total. The van der Waals surface area contributed by atoms with Crippen LogP contribution in [-0.4, -0.2) is 45.2 Å². The summed E-state index contributed by atoms with van der Waals surface area (Å²) in [6.45, 7) is 0.314. The highest BCUT2D eigenvalue weighted by atomic mass is 35.5. The van der Waals surface area contributed by atoms with Crippen LogP contribution in [0.1, 0.15) is 0 Å². The molecule has 0 fully saturated rings. The van der Waals surface area contributed by atoms with Gasteiger partial charge < -0.3 is 24.8 Å². The Balaban J connectivity index is 1.55. The Morgan fingerprint density at radius 2 is 1.44 bits per heavy atom. The second-order valence-corrected chi connectivity index (χ2v) is 5.83. The minimum atomic E-state index is -0.394. The van der Waals surface area contributed by atoms with E-state index in [4.69, 9.17) is 25.8 Å². The molecule has 0 atom stereocenters. The number of nitrogens with one attached hydrogen (secondary N) is 2. The average molecular weight is 393 g/mol. The fraction of sp³-hybridized carbons (Fsp3) is 0.263. The van der Waals surface area contributed by atoms with Crippen molar-refractivity contribution < 1.29 is 23.8 Å². The van der Waals surface area contributed by atoms with E-state index in [1.807, 2.05) is 0 Å². The van der Waals surface area contributed by atoms with E-state index in [2.05, 4.69) is 10.6 Å². The molecule has 0 aromatic heterocycles. The third-order valence-corrected chi connectivity index (χ3v) is 3.63. The zero-order valence-corrected chi connectivity index (χ0v) is 15.6.